The van der Waals surface area contributed by atoms with E-state index < -0.39 is 0 Å². The van der Waals surface area contributed by atoms with Crippen molar-refractivity contribution in [3.63, 3.8) is 0 Å². The van der Waals surface area contributed by atoms with Crippen LogP contribution in [0.4, 0.5) is 17.5 Å². The molecule has 0 saturated carbocycles. The van der Waals surface area contributed by atoms with Crippen LogP contribution in [0.15, 0.2) is 41.3 Å². The number of H-pyrrole nitrogens is 1. The number of benzene rings is 1. The van der Waals surface area contributed by atoms with Crippen molar-refractivity contribution in [1.82, 2.24) is 24.8 Å². The monoisotopic (exact) mass is 461 g/mol. The number of anilines is 3. The summed E-state index contributed by atoms with van der Waals surface area (Å²) in [5.41, 5.74) is 3.96. The SMILES string of the molecule is CC(C)N1CCc2c(nc(-c3ccc(Nc4nccc(=O)[nH]4)cc3)nc2N2CCOC[C@@H]2C)C1. The van der Waals surface area contributed by atoms with Gasteiger partial charge in [0.15, 0.2) is 5.82 Å². The highest BCUT2D eigenvalue weighted by Gasteiger charge is 2.29. The van der Waals surface area contributed by atoms with Gasteiger partial charge in [0.05, 0.1) is 24.9 Å². The first-order valence-corrected chi connectivity index (χ1v) is 11.9. The minimum absolute atomic E-state index is 0.197. The summed E-state index contributed by atoms with van der Waals surface area (Å²) in [6.45, 7) is 10.8. The van der Waals surface area contributed by atoms with Crippen LogP contribution in [-0.4, -0.2) is 63.2 Å². The van der Waals surface area contributed by atoms with E-state index in [4.69, 9.17) is 14.7 Å². The van der Waals surface area contributed by atoms with Gasteiger partial charge in [0, 0.05) is 54.8 Å². The number of hydrogen-bond acceptors (Lipinski definition) is 8. The van der Waals surface area contributed by atoms with Crippen LogP contribution in [0.25, 0.3) is 11.4 Å². The van der Waals surface area contributed by atoms with Crippen molar-refractivity contribution in [3.8, 4) is 11.4 Å². The summed E-state index contributed by atoms with van der Waals surface area (Å²) >= 11 is 0. The van der Waals surface area contributed by atoms with E-state index in [1.54, 1.807) is 0 Å². The second-order valence-corrected chi connectivity index (χ2v) is 9.21. The molecule has 0 unspecified atom stereocenters. The lowest BCUT2D eigenvalue weighted by atomic mass is 10.0. The zero-order valence-electron chi connectivity index (χ0n) is 19.9. The molecule has 0 bridgehead atoms. The fourth-order valence-corrected chi connectivity index (χ4v) is 4.55. The lowest BCUT2D eigenvalue weighted by molar-refractivity contribution is 0.0983. The van der Waals surface area contributed by atoms with Crippen LogP contribution in [0, 0.1) is 0 Å². The molecule has 2 aliphatic heterocycles. The zero-order chi connectivity index (χ0) is 23.7. The second kappa shape index (κ2) is 9.52. The molecule has 4 heterocycles. The molecule has 1 atom stereocenters. The second-order valence-electron chi connectivity index (χ2n) is 9.21. The van der Waals surface area contributed by atoms with E-state index >= 15 is 0 Å². The molecule has 2 aliphatic rings. The fourth-order valence-electron chi connectivity index (χ4n) is 4.55. The molecule has 0 spiro atoms. The van der Waals surface area contributed by atoms with E-state index in [9.17, 15) is 4.79 Å². The molecule has 1 saturated heterocycles. The molecular formula is C25H31N7O2. The molecule has 1 aromatic carbocycles. The van der Waals surface area contributed by atoms with Gasteiger partial charge in [-0.05, 0) is 51.5 Å². The third-order valence-corrected chi connectivity index (χ3v) is 6.52. The normalized spacial score (nSPS) is 18.7. The zero-order valence-corrected chi connectivity index (χ0v) is 19.9. The predicted octanol–water partition coefficient (Wildman–Crippen LogP) is 2.96. The van der Waals surface area contributed by atoms with Gasteiger partial charge in [-0.2, -0.15) is 0 Å². The summed E-state index contributed by atoms with van der Waals surface area (Å²) in [4.78, 5) is 33.3. The van der Waals surface area contributed by atoms with Crippen molar-refractivity contribution >= 4 is 17.5 Å². The van der Waals surface area contributed by atoms with Gasteiger partial charge in [0.1, 0.15) is 5.82 Å². The summed E-state index contributed by atoms with van der Waals surface area (Å²) in [5, 5.41) is 3.12. The fraction of sp³-hybridized carbons (Fsp3) is 0.440. The maximum atomic E-state index is 11.5. The number of hydrogen-bond donors (Lipinski definition) is 2. The van der Waals surface area contributed by atoms with Crippen molar-refractivity contribution in [3.05, 3.63) is 58.1 Å². The van der Waals surface area contributed by atoms with Crippen LogP contribution in [-0.2, 0) is 17.7 Å². The molecule has 9 heteroatoms. The molecule has 2 aromatic heterocycles. The Hall–Kier alpha value is -3.30. The molecule has 34 heavy (non-hydrogen) atoms. The molecule has 9 nitrogen and oxygen atoms in total. The molecule has 3 aromatic rings. The van der Waals surface area contributed by atoms with Crippen molar-refractivity contribution < 1.29 is 4.74 Å². The smallest absolute Gasteiger partial charge is 0.252 e. The van der Waals surface area contributed by atoms with Crippen LogP contribution in [0.3, 0.4) is 0 Å². The van der Waals surface area contributed by atoms with Crippen LogP contribution in [0.5, 0.6) is 0 Å². The predicted molar refractivity (Wildman–Crippen MR) is 132 cm³/mol. The van der Waals surface area contributed by atoms with Gasteiger partial charge in [0.2, 0.25) is 5.95 Å². The van der Waals surface area contributed by atoms with E-state index in [-0.39, 0.29) is 11.6 Å². The molecule has 0 aliphatic carbocycles. The number of aromatic amines is 1. The molecule has 0 radical (unpaired) electrons. The standard InChI is InChI=1S/C25H31N7O2/c1-16(2)31-11-9-20-21(14-31)28-23(30-24(20)32-12-13-34-15-17(32)3)18-4-6-19(7-5-18)27-25-26-10-8-22(33)29-25/h4-8,10,16-17H,9,11-15H2,1-3H3,(H2,26,27,29,33)/t17-/m0/s1. The average Bonchev–Trinajstić information content (AvgIpc) is 2.84. The van der Waals surface area contributed by atoms with Gasteiger partial charge < -0.3 is 15.0 Å². The van der Waals surface area contributed by atoms with Crippen LogP contribution in [0.2, 0.25) is 0 Å². The minimum atomic E-state index is -0.197. The number of aromatic nitrogens is 4. The number of morpholine rings is 1. The largest absolute Gasteiger partial charge is 0.377 e. The first kappa shape index (κ1) is 22.5. The van der Waals surface area contributed by atoms with Gasteiger partial charge in [-0.3, -0.25) is 14.7 Å². The lowest BCUT2D eigenvalue weighted by Crippen LogP contribution is -2.45. The molecule has 178 valence electrons. The highest BCUT2D eigenvalue weighted by Crippen LogP contribution is 2.32. The Kier molecular flexibility index (Phi) is 6.30. The molecular weight excluding hydrogens is 430 g/mol. The van der Waals surface area contributed by atoms with Gasteiger partial charge in [-0.15, -0.1) is 0 Å². The summed E-state index contributed by atoms with van der Waals surface area (Å²) in [6.07, 6.45) is 2.43. The third-order valence-electron chi connectivity index (χ3n) is 6.52. The van der Waals surface area contributed by atoms with Crippen molar-refractivity contribution in [2.24, 2.45) is 0 Å². The highest BCUT2D eigenvalue weighted by molar-refractivity contribution is 5.65. The lowest BCUT2D eigenvalue weighted by Gasteiger charge is -2.38. The van der Waals surface area contributed by atoms with E-state index in [1.807, 2.05) is 24.3 Å². The molecule has 5 rings (SSSR count). The third kappa shape index (κ3) is 4.67. The van der Waals surface area contributed by atoms with E-state index in [0.717, 1.165) is 54.6 Å². The van der Waals surface area contributed by atoms with Crippen LogP contribution < -0.4 is 15.8 Å². The average molecular weight is 462 g/mol. The Morgan fingerprint density at radius 3 is 2.71 bits per heavy atom. The minimum Gasteiger partial charge on any atom is -0.377 e. The number of nitrogens with one attached hydrogen (secondary N) is 2. The summed E-state index contributed by atoms with van der Waals surface area (Å²) < 4.78 is 5.68. The van der Waals surface area contributed by atoms with Crippen molar-refractivity contribution in [1.29, 1.82) is 0 Å². The van der Waals surface area contributed by atoms with Crippen molar-refractivity contribution in [2.75, 3.05) is 36.5 Å². The Morgan fingerprint density at radius 1 is 1.15 bits per heavy atom. The first-order valence-electron chi connectivity index (χ1n) is 11.9. The Morgan fingerprint density at radius 2 is 1.97 bits per heavy atom. The van der Waals surface area contributed by atoms with Crippen LogP contribution in [0.1, 0.15) is 32.0 Å². The number of nitrogens with zero attached hydrogens (tertiary/aromatic N) is 5. The quantitative estimate of drug-likeness (QED) is 0.598. The number of ether oxygens (including phenoxy) is 1. The molecule has 1 fully saturated rings. The maximum absolute atomic E-state index is 11.5. The van der Waals surface area contributed by atoms with E-state index in [1.165, 1.54) is 17.8 Å². The first-order chi connectivity index (χ1) is 16.5. The Bertz CT molecular complexity index is 1210. The maximum Gasteiger partial charge on any atom is 0.252 e. The Labute approximate surface area is 199 Å². The van der Waals surface area contributed by atoms with Gasteiger partial charge in [0.25, 0.3) is 5.56 Å². The summed E-state index contributed by atoms with van der Waals surface area (Å²) in [7, 11) is 0. The number of fused-ring (bicyclic) bond motifs is 1. The molecule has 2 N–H and O–H groups in total. The van der Waals surface area contributed by atoms with Gasteiger partial charge in [-0.25, -0.2) is 15.0 Å². The van der Waals surface area contributed by atoms with Crippen LogP contribution >= 0.6 is 0 Å². The summed E-state index contributed by atoms with van der Waals surface area (Å²) in [6, 6.07) is 10.0. The topological polar surface area (TPSA) is 99.3 Å². The van der Waals surface area contributed by atoms with E-state index in [2.05, 4.69) is 45.9 Å². The molecule has 0 amide bonds. The Balaban J connectivity index is 1.49. The summed E-state index contributed by atoms with van der Waals surface area (Å²) in [5.74, 6) is 2.19. The van der Waals surface area contributed by atoms with Gasteiger partial charge in [-0.1, -0.05) is 0 Å². The van der Waals surface area contributed by atoms with E-state index in [0.29, 0.717) is 25.2 Å². The highest BCUT2D eigenvalue weighted by atomic mass is 16.5. The number of rotatable bonds is 5. The van der Waals surface area contributed by atoms with Crippen molar-refractivity contribution in [2.45, 2.75) is 45.8 Å². The van der Waals surface area contributed by atoms with Gasteiger partial charge >= 0.3 is 0 Å².